The molecule has 3 amide bonds. The molecular weight excluding hydrogens is 152 g/mol. The Morgan fingerprint density at radius 2 is 2.40 bits per heavy atom. The van der Waals surface area contributed by atoms with E-state index in [4.69, 9.17) is 0 Å². The Kier molecular flexibility index (Phi) is 1.14. The number of nitrogens with one attached hydrogen (secondary N) is 1. The van der Waals surface area contributed by atoms with Gasteiger partial charge in [-0.05, 0) is 0 Å². The fourth-order valence-electron chi connectivity index (χ4n) is 1.12. The maximum atomic E-state index is 10.9. The molecule has 0 unspecified atom stereocenters. The maximum absolute atomic E-state index is 10.9. The van der Waals surface area contributed by atoms with Gasteiger partial charge in [0.25, 0.3) is 5.91 Å². The third-order valence-corrected chi connectivity index (χ3v) is 2.69. The first-order chi connectivity index (χ1) is 4.79. The summed E-state index contributed by atoms with van der Waals surface area (Å²) in [6.07, 6.45) is 0. The lowest BCUT2D eigenvalue weighted by molar-refractivity contribution is -0.120. The largest absolute Gasteiger partial charge is 0.325 e. The van der Waals surface area contributed by atoms with Crippen LogP contribution in [0.5, 0.6) is 0 Å². The van der Waals surface area contributed by atoms with Gasteiger partial charge in [0, 0.05) is 5.75 Å². The minimum absolute atomic E-state index is 0.144. The minimum atomic E-state index is -0.236. The number of carbonyl (C=O) groups is 2. The van der Waals surface area contributed by atoms with Gasteiger partial charge in [-0.2, -0.15) is 0 Å². The van der Waals surface area contributed by atoms with Gasteiger partial charge in [0.1, 0.15) is 6.04 Å². The summed E-state index contributed by atoms with van der Waals surface area (Å²) in [5.41, 5.74) is 0. The number of hydrogen-bond acceptors (Lipinski definition) is 3. The summed E-state index contributed by atoms with van der Waals surface area (Å²) >= 11 is 1.62. The van der Waals surface area contributed by atoms with Gasteiger partial charge in [-0.1, -0.05) is 0 Å². The van der Waals surface area contributed by atoms with Crippen molar-refractivity contribution < 1.29 is 9.59 Å². The van der Waals surface area contributed by atoms with Crippen molar-refractivity contribution in [3.05, 3.63) is 0 Å². The normalized spacial score (nSPS) is 30.8. The molecule has 10 heavy (non-hydrogen) atoms. The fourth-order valence-corrected chi connectivity index (χ4v) is 2.27. The first kappa shape index (κ1) is 6.03. The van der Waals surface area contributed by atoms with Crippen LogP contribution in [0.3, 0.4) is 0 Å². The van der Waals surface area contributed by atoms with Gasteiger partial charge in [0.15, 0.2) is 0 Å². The maximum Gasteiger partial charge on any atom is 0.325 e. The molecule has 0 aliphatic carbocycles. The Labute approximate surface area is 61.9 Å². The number of amides is 3. The Bertz CT molecular complexity index is 186. The van der Waals surface area contributed by atoms with E-state index in [2.05, 4.69) is 5.32 Å². The molecule has 2 fully saturated rings. The molecule has 0 spiro atoms. The van der Waals surface area contributed by atoms with Gasteiger partial charge in [0.2, 0.25) is 0 Å². The molecule has 5 heteroatoms. The number of urea groups is 1. The molecule has 4 nitrogen and oxygen atoms in total. The molecule has 2 rings (SSSR count). The van der Waals surface area contributed by atoms with Gasteiger partial charge in [-0.25, -0.2) is 4.79 Å². The smallest absolute Gasteiger partial charge is 0.302 e. The first-order valence-electron chi connectivity index (χ1n) is 2.98. The third-order valence-electron chi connectivity index (χ3n) is 1.68. The lowest BCUT2D eigenvalue weighted by Crippen LogP contribution is -2.29. The predicted molar refractivity (Wildman–Crippen MR) is 36.5 cm³/mol. The van der Waals surface area contributed by atoms with Crippen LogP contribution in [0.1, 0.15) is 0 Å². The van der Waals surface area contributed by atoms with E-state index >= 15 is 0 Å². The lowest BCUT2D eigenvalue weighted by atomic mass is 10.3. The van der Waals surface area contributed by atoms with Crippen LogP contribution in [0, 0.1) is 0 Å². The summed E-state index contributed by atoms with van der Waals surface area (Å²) in [7, 11) is 0. The monoisotopic (exact) mass is 158 g/mol. The summed E-state index contributed by atoms with van der Waals surface area (Å²) in [5, 5.41) is 2.25. The molecule has 0 radical (unpaired) electrons. The molecule has 54 valence electrons. The zero-order valence-corrected chi connectivity index (χ0v) is 5.98. The van der Waals surface area contributed by atoms with Gasteiger partial charge in [-0.3, -0.25) is 10.1 Å². The molecule has 0 aromatic rings. The standard InChI is InChI=1S/C5H6N2O2S/c8-4-3-1-10-2-7(3)5(9)6-4/h3H,1-2H2,(H,6,8,9)/t3-/m0/s1. The molecule has 2 saturated heterocycles. The van der Waals surface area contributed by atoms with Crippen molar-refractivity contribution in [2.45, 2.75) is 6.04 Å². The molecule has 0 aromatic heterocycles. The van der Waals surface area contributed by atoms with Gasteiger partial charge in [0.05, 0.1) is 5.88 Å². The van der Waals surface area contributed by atoms with E-state index in [-0.39, 0.29) is 18.0 Å². The Balaban J connectivity index is 2.27. The quantitative estimate of drug-likeness (QED) is 0.488. The van der Waals surface area contributed by atoms with E-state index in [9.17, 15) is 9.59 Å². The minimum Gasteiger partial charge on any atom is -0.302 e. The highest BCUT2D eigenvalue weighted by Gasteiger charge is 2.41. The molecule has 1 N–H and O–H groups in total. The lowest BCUT2D eigenvalue weighted by Gasteiger charge is -2.07. The van der Waals surface area contributed by atoms with Crippen LogP contribution in [0.15, 0.2) is 0 Å². The SMILES string of the molecule is O=C1NC(=O)N2CSC[C@@H]12. The number of fused-ring (bicyclic) bond motifs is 1. The third kappa shape index (κ3) is 0.636. The van der Waals surface area contributed by atoms with E-state index < -0.39 is 0 Å². The summed E-state index contributed by atoms with van der Waals surface area (Å²) < 4.78 is 0. The van der Waals surface area contributed by atoms with Crippen LogP contribution in [0.25, 0.3) is 0 Å². The second-order valence-electron chi connectivity index (χ2n) is 2.28. The Morgan fingerprint density at radius 3 is 3.10 bits per heavy atom. The van der Waals surface area contributed by atoms with Crippen molar-refractivity contribution in [2.24, 2.45) is 0 Å². The highest BCUT2D eigenvalue weighted by molar-refractivity contribution is 7.99. The number of nitrogens with zero attached hydrogens (tertiary/aromatic N) is 1. The van der Waals surface area contributed by atoms with Crippen molar-refractivity contribution >= 4 is 23.7 Å². The van der Waals surface area contributed by atoms with Crippen LogP contribution < -0.4 is 5.32 Å². The number of imide groups is 1. The Morgan fingerprint density at radius 1 is 1.60 bits per heavy atom. The second-order valence-corrected chi connectivity index (χ2v) is 3.28. The molecule has 2 aliphatic rings. The highest BCUT2D eigenvalue weighted by atomic mass is 32.2. The van der Waals surface area contributed by atoms with Crippen molar-refractivity contribution in [3.63, 3.8) is 0 Å². The van der Waals surface area contributed by atoms with Crippen molar-refractivity contribution in [2.75, 3.05) is 11.6 Å². The number of hydrogen-bond donors (Lipinski definition) is 1. The van der Waals surface area contributed by atoms with Crippen LogP contribution in [-0.4, -0.2) is 34.5 Å². The molecule has 0 saturated carbocycles. The summed E-state index contributed by atoms with van der Waals surface area (Å²) in [4.78, 5) is 23.3. The van der Waals surface area contributed by atoms with Crippen molar-refractivity contribution in [3.8, 4) is 0 Å². The first-order valence-corrected chi connectivity index (χ1v) is 4.14. The molecule has 1 atom stereocenters. The van der Waals surface area contributed by atoms with Crippen LogP contribution in [-0.2, 0) is 4.79 Å². The predicted octanol–water partition coefficient (Wildman–Crippen LogP) is -0.389. The van der Waals surface area contributed by atoms with Crippen molar-refractivity contribution in [1.29, 1.82) is 0 Å². The Hall–Kier alpha value is -0.710. The van der Waals surface area contributed by atoms with Gasteiger partial charge in [-0.15, -0.1) is 11.8 Å². The highest BCUT2D eigenvalue weighted by Crippen LogP contribution is 2.23. The van der Waals surface area contributed by atoms with E-state index in [1.807, 2.05) is 0 Å². The fraction of sp³-hybridized carbons (Fsp3) is 0.600. The van der Waals surface area contributed by atoms with Gasteiger partial charge < -0.3 is 4.90 Å². The average Bonchev–Trinajstić information content (AvgIpc) is 2.39. The van der Waals surface area contributed by atoms with Crippen LogP contribution in [0.2, 0.25) is 0 Å². The van der Waals surface area contributed by atoms with Crippen LogP contribution in [0.4, 0.5) is 4.79 Å². The zero-order chi connectivity index (χ0) is 7.14. The molecule has 2 aliphatic heterocycles. The second kappa shape index (κ2) is 1.88. The molecule has 0 aromatic carbocycles. The summed E-state index contributed by atoms with van der Waals surface area (Å²) in [5.74, 6) is 1.26. The summed E-state index contributed by atoms with van der Waals surface area (Å²) in [6, 6.07) is -0.419. The number of carbonyl (C=O) groups excluding carboxylic acids is 2. The van der Waals surface area contributed by atoms with Crippen LogP contribution >= 0.6 is 11.8 Å². The molecule has 0 bridgehead atoms. The summed E-state index contributed by atoms with van der Waals surface area (Å²) in [6.45, 7) is 0. The molecular formula is C5H6N2O2S. The topological polar surface area (TPSA) is 49.4 Å². The average molecular weight is 158 g/mol. The zero-order valence-electron chi connectivity index (χ0n) is 5.16. The van der Waals surface area contributed by atoms with E-state index in [1.54, 1.807) is 16.7 Å². The number of thioether (sulfide) groups is 1. The number of rotatable bonds is 0. The van der Waals surface area contributed by atoms with Gasteiger partial charge >= 0.3 is 6.03 Å². The van der Waals surface area contributed by atoms with E-state index in [0.717, 1.165) is 5.75 Å². The van der Waals surface area contributed by atoms with E-state index in [0.29, 0.717) is 5.88 Å². The van der Waals surface area contributed by atoms with Crippen molar-refractivity contribution in [1.82, 2.24) is 10.2 Å². The van der Waals surface area contributed by atoms with E-state index in [1.165, 1.54) is 0 Å². The molecule has 2 heterocycles.